The van der Waals surface area contributed by atoms with Gasteiger partial charge in [-0.05, 0) is 31.4 Å². The molecule has 0 fully saturated rings. The van der Waals surface area contributed by atoms with Crippen molar-refractivity contribution in [2.24, 2.45) is 0 Å². The fourth-order valence-electron chi connectivity index (χ4n) is 2.43. The summed E-state index contributed by atoms with van der Waals surface area (Å²) in [6, 6.07) is 6.46. The van der Waals surface area contributed by atoms with Crippen molar-refractivity contribution in [3.8, 4) is 0 Å². The van der Waals surface area contributed by atoms with E-state index in [1.165, 1.54) is 11.4 Å². The molecule has 2 aromatic heterocycles. The Morgan fingerprint density at radius 1 is 1.32 bits per heavy atom. The van der Waals surface area contributed by atoms with Gasteiger partial charge in [-0.25, -0.2) is 13.1 Å². The Morgan fingerprint density at radius 2 is 2.07 bits per heavy atom. The molecule has 0 unspecified atom stereocenters. The molecule has 1 aromatic carbocycles. The van der Waals surface area contributed by atoms with Crippen LogP contribution in [0.2, 0.25) is 5.02 Å². The number of amides is 1. The normalized spacial score (nSPS) is 11.4. The molecule has 8 nitrogen and oxygen atoms in total. The molecule has 0 saturated heterocycles. The van der Waals surface area contributed by atoms with Crippen LogP contribution in [0.25, 0.3) is 0 Å². The van der Waals surface area contributed by atoms with Crippen molar-refractivity contribution >= 4 is 50.4 Å². The van der Waals surface area contributed by atoms with E-state index >= 15 is 0 Å². The summed E-state index contributed by atoms with van der Waals surface area (Å²) in [6.07, 6.45) is 0. The fourth-order valence-corrected chi connectivity index (χ4v) is 4.92. The number of aliphatic hydroxyl groups excluding tert-OH is 1. The van der Waals surface area contributed by atoms with Gasteiger partial charge >= 0.3 is 0 Å². The Bertz CT molecular complexity index is 1140. The number of sulfonamides is 1. The first-order valence-electron chi connectivity index (χ1n) is 7.96. The van der Waals surface area contributed by atoms with Crippen molar-refractivity contribution in [2.45, 2.75) is 25.3 Å². The maximum Gasteiger partial charge on any atom is 0.267 e. The van der Waals surface area contributed by atoms with Crippen LogP contribution in [0.5, 0.6) is 0 Å². The molecular weight excluding hydrogens is 426 g/mol. The summed E-state index contributed by atoms with van der Waals surface area (Å²) in [4.78, 5) is 12.4. The molecule has 0 atom stereocenters. The highest BCUT2D eigenvalue weighted by Gasteiger charge is 2.27. The lowest BCUT2D eigenvalue weighted by Gasteiger charge is -2.11. The van der Waals surface area contributed by atoms with Crippen LogP contribution in [-0.4, -0.2) is 24.6 Å². The minimum Gasteiger partial charge on any atom is -0.392 e. The second-order valence-electron chi connectivity index (χ2n) is 5.90. The summed E-state index contributed by atoms with van der Waals surface area (Å²) in [7, 11) is -4.14. The van der Waals surface area contributed by atoms with E-state index in [9.17, 15) is 18.3 Å². The second kappa shape index (κ2) is 7.92. The number of nitrogens with one attached hydrogen (secondary N) is 2. The number of aromatic nitrogens is 1. The average molecular weight is 442 g/mol. The third kappa shape index (κ3) is 4.04. The zero-order chi connectivity index (χ0) is 20.5. The van der Waals surface area contributed by atoms with E-state index in [1.54, 1.807) is 25.1 Å². The van der Waals surface area contributed by atoms with Crippen molar-refractivity contribution < 1.29 is 22.8 Å². The first kappa shape index (κ1) is 20.3. The minimum absolute atomic E-state index is 0.0238. The number of hydrogen-bond acceptors (Lipinski definition) is 7. The van der Waals surface area contributed by atoms with Crippen LogP contribution in [0.15, 0.2) is 39.1 Å². The second-order valence-corrected chi connectivity index (χ2v) is 8.85. The number of nitrogens with zero attached hydrogens (tertiary/aromatic N) is 1. The van der Waals surface area contributed by atoms with Crippen LogP contribution in [0.4, 0.5) is 11.6 Å². The molecule has 11 heteroatoms. The molecule has 148 valence electrons. The summed E-state index contributed by atoms with van der Waals surface area (Å²) < 4.78 is 32.5. The van der Waals surface area contributed by atoms with Gasteiger partial charge in [0, 0.05) is 11.3 Å². The number of rotatable bonds is 6. The van der Waals surface area contributed by atoms with Crippen molar-refractivity contribution in [1.29, 1.82) is 0 Å². The number of anilines is 2. The lowest BCUT2D eigenvalue weighted by Crippen LogP contribution is -2.19. The Hall–Kier alpha value is -2.40. The maximum absolute atomic E-state index is 12.7. The number of benzene rings is 1. The lowest BCUT2D eigenvalue weighted by atomic mass is 10.1. The molecule has 0 aliphatic carbocycles. The van der Waals surface area contributed by atoms with Crippen molar-refractivity contribution in [1.82, 2.24) is 5.16 Å². The SMILES string of the molecule is Cc1ccc(NC(=O)c2sccc2S(=O)(=O)Nc2onc(C)c2Cl)c(CO)c1. The molecule has 0 aliphatic heterocycles. The van der Waals surface area contributed by atoms with Gasteiger partial charge in [0.15, 0.2) is 0 Å². The molecule has 0 spiro atoms. The topological polar surface area (TPSA) is 122 Å². The van der Waals surface area contributed by atoms with E-state index in [0.29, 0.717) is 16.9 Å². The van der Waals surface area contributed by atoms with E-state index in [4.69, 9.17) is 16.1 Å². The molecule has 0 radical (unpaired) electrons. The van der Waals surface area contributed by atoms with E-state index < -0.39 is 15.9 Å². The smallest absolute Gasteiger partial charge is 0.267 e. The average Bonchev–Trinajstić information content (AvgIpc) is 3.26. The van der Waals surface area contributed by atoms with Gasteiger partial charge in [-0.3, -0.25) is 4.79 Å². The van der Waals surface area contributed by atoms with Crippen LogP contribution < -0.4 is 10.0 Å². The number of halogens is 1. The number of hydrogen-bond donors (Lipinski definition) is 3. The first-order chi connectivity index (χ1) is 13.2. The highest BCUT2D eigenvalue weighted by molar-refractivity contribution is 7.93. The van der Waals surface area contributed by atoms with E-state index in [2.05, 4.69) is 15.2 Å². The van der Waals surface area contributed by atoms with Gasteiger partial charge in [-0.2, -0.15) is 0 Å². The molecule has 2 heterocycles. The Kier molecular flexibility index (Phi) is 5.75. The van der Waals surface area contributed by atoms with Crippen LogP contribution in [-0.2, 0) is 16.6 Å². The predicted octanol–water partition coefficient (Wildman–Crippen LogP) is 3.55. The molecular formula is C17H16ClN3O5S2. The zero-order valence-corrected chi connectivity index (χ0v) is 17.2. The lowest BCUT2D eigenvalue weighted by molar-refractivity contribution is 0.102. The first-order valence-corrected chi connectivity index (χ1v) is 10.7. The number of carbonyl (C=O) groups is 1. The maximum atomic E-state index is 12.7. The largest absolute Gasteiger partial charge is 0.392 e. The van der Waals surface area contributed by atoms with E-state index in [1.807, 2.05) is 6.92 Å². The molecule has 3 rings (SSSR count). The molecule has 3 aromatic rings. The van der Waals surface area contributed by atoms with Crippen LogP contribution in [0.1, 0.15) is 26.5 Å². The van der Waals surface area contributed by atoms with E-state index in [-0.39, 0.29) is 27.3 Å². The molecule has 28 heavy (non-hydrogen) atoms. The van der Waals surface area contributed by atoms with Gasteiger partial charge in [0.25, 0.3) is 21.8 Å². The van der Waals surface area contributed by atoms with Crippen LogP contribution in [0.3, 0.4) is 0 Å². The van der Waals surface area contributed by atoms with Gasteiger partial charge in [0.05, 0.1) is 6.61 Å². The predicted molar refractivity (Wildman–Crippen MR) is 106 cm³/mol. The van der Waals surface area contributed by atoms with Gasteiger partial charge in [-0.1, -0.05) is 34.5 Å². The summed E-state index contributed by atoms with van der Waals surface area (Å²) in [5.74, 6) is -0.841. The highest BCUT2D eigenvalue weighted by Crippen LogP contribution is 2.30. The summed E-state index contributed by atoms with van der Waals surface area (Å²) in [5.41, 5.74) is 2.18. The van der Waals surface area contributed by atoms with Gasteiger partial charge < -0.3 is 14.9 Å². The summed E-state index contributed by atoms with van der Waals surface area (Å²) in [5, 5.41) is 17.2. The Morgan fingerprint density at radius 3 is 2.71 bits per heavy atom. The summed E-state index contributed by atoms with van der Waals surface area (Å²) >= 11 is 6.92. The number of carbonyl (C=O) groups excluding carboxylic acids is 1. The third-order valence-electron chi connectivity index (χ3n) is 3.82. The fraction of sp³-hybridized carbons (Fsp3) is 0.176. The molecule has 1 amide bonds. The van der Waals surface area contributed by atoms with Crippen molar-refractivity contribution in [3.05, 3.63) is 56.4 Å². The van der Waals surface area contributed by atoms with Crippen molar-refractivity contribution in [2.75, 3.05) is 10.0 Å². The van der Waals surface area contributed by atoms with Gasteiger partial charge in [0.1, 0.15) is 20.5 Å². The van der Waals surface area contributed by atoms with Crippen LogP contribution >= 0.6 is 22.9 Å². The Labute approximate surface area is 170 Å². The number of thiophene rings is 1. The summed E-state index contributed by atoms with van der Waals surface area (Å²) in [6.45, 7) is 3.15. The third-order valence-corrected chi connectivity index (χ3v) is 6.68. The molecule has 0 bridgehead atoms. The molecule has 3 N–H and O–H groups in total. The zero-order valence-electron chi connectivity index (χ0n) is 14.8. The molecule has 0 aliphatic rings. The van der Waals surface area contributed by atoms with E-state index in [0.717, 1.165) is 16.9 Å². The standard InChI is InChI=1S/C17H16ClN3O5S2/c1-9-3-4-12(11(7-9)8-22)19-16(23)15-13(5-6-27-15)28(24,25)21-17-14(18)10(2)20-26-17/h3-7,21-22H,8H2,1-2H3,(H,19,23). The van der Waals surface area contributed by atoms with Crippen molar-refractivity contribution in [3.63, 3.8) is 0 Å². The Balaban J connectivity index is 1.89. The molecule has 0 saturated carbocycles. The minimum atomic E-state index is -4.14. The quantitative estimate of drug-likeness (QED) is 0.537. The van der Waals surface area contributed by atoms with Crippen LogP contribution in [0, 0.1) is 13.8 Å². The highest BCUT2D eigenvalue weighted by atomic mass is 35.5. The number of aryl methyl sites for hydroxylation is 2. The number of aliphatic hydroxyl groups is 1. The van der Waals surface area contributed by atoms with Gasteiger partial charge in [0.2, 0.25) is 0 Å². The van der Waals surface area contributed by atoms with Gasteiger partial charge in [-0.15, -0.1) is 11.3 Å². The monoisotopic (exact) mass is 441 g/mol.